The van der Waals surface area contributed by atoms with E-state index in [-0.39, 0.29) is 69.7 Å². The highest BCUT2D eigenvalue weighted by molar-refractivity contribution is 7.84. The quantitative estimate of drug-likeness (QED) is 0.186. The second kappa shape index (κ2) is 13.4. The van der Waals surface area contributed by atoms with Gasteiger partial charge in [0.1, 0.15) is 18.2 Å². The number of carbonyl (C=O) groups is 2. The lowest BCUT2D eigenvalue weighted by atomic mass is 9.54. The Labute approximate surface area is 279 Å². The molecule has 0 spiro atoms. The number of rotatable bonds is 11. The van der Waals surface area contributed by atoms with Crippen LogP contribution in [-0.2, 0) is 31.8 Å². The molecule has 236 valence electrons. The van der Waals surface area contributed by atoms with Crippen LogP contribution < -0.4 is 15.4 Å². The van der Waals surface area contributed by atoms with E-state index in [2.05, 4.69) is 20.7 Å². The second-order valence-corrected chi connectivity index (χ2v) is 15.1. The molecule has 4 bridgehead atoms. The molecule has 10 nitrogen and oxygen atoms in total. The van der Waals surface area contributed by atoms with Gasteiger partial charge in [-0.15, -0.1) is 5.10 Å². The molecule has 0 saturated heterocycles. The summed E-state index contributed by atoms with van der Waals surface area (Å²) >= 11 is 13.3. The first-order valence-electron chi connectivity index (χ1n) is 15.0. The second-order valence-electron chi connectivity index (χ2n) is 12.4. The van der Waals surface area contributed by atoms with Crippen molar-refractivity contribution in [1.82, 2.24) is 20.1 Å². The van der Waals surface area contributed by atoms with Crippen molar-refractivity contribution in [2.45, 2.75) is 69.1 Å². The first-order chi connectivity index (χ1) is 21.6. The van der Waals surface area contributed by atoms with Crippen LogP contribution in [-0.4, -0.2) is 43.3 Å². The zero-order chi connectivity index (χ0) is 31.8. The van der Waals surface area contributed by atoms with Crippen LogP contribution in [0.4, 0.5) is 5.69 Å². The molecule has 4 aliphatic carbocycles. The van der Waals surface area contributed by atoms with Crippen molar-refractivity contribution in [2.24, 2.45) is 23.7 Å². The molecule has 4 fully saturated rings. The molecular formula is C31H33Cl2N5O5S2+2. The predicted octanol–water partition coefficient (Wildman–Crippen LogP) is 6.03. The number of aryl methyl sites for hydroxylation is 1. The molecule has 2 amide bonds. The Morgan fingerprint density at radius 3 is 2.38 bits per heavy atom. The lowest BCUT2D eigenvalue weighted by molar-refractivity contribution is -0.0119. The average molecular weight is 691 g/mol. The maximum Gasteiger partial charge on any atom is 0.536 e. The molecule has 4 aliphatic rings. The summed E-state index contributed by atoms with van der Waals surface area (Å²) < 4.78 is 28.8. The summed E-state index contributed by atoms with van der Waals surface area (Å²) in [6.45, 7) is 3.49. The summed E-state index contributed by atoms with van der Waals surface area (Å²) in [4.78, 5) is 32.1. The van der Waals surface area contributed by atoms with Gasteiger partial charge in [0.25, 0.3) is 11.8 Å². The third kappa shape index (κ3) is 6.74. The molecule has 45 heavy (non-hydrogen) atoms. The largest absolute Gasteiger partial charge is 0.536 e. The van der Waals surface area contributed by atoms with E-state index in [1.807, 2.05) is 0 Å². The van der Waals surface area contributed by atoms with Gasteiger partial charge in [0.2, 0.25) is 5.88 Å². The Kier molecular flexibility index (Phi) is 9.47. The van der Waals surface area contributed by atoms with Gasteiger partial charge in [-0.3, -0.25) is 9.59 Å². The number of benzene rings is 1. The third-order valence-electron chi connectivity index (χ3n) is 9.23. The monoisotopic (exact) mass is 689 g/mol. The molecular weight excluding hydrogens is 657 g/mol. The summed E-state index contributed by atoms with van der Waals surface area (Å²) in [5.41, 5.74) is 1.29. The number of hydrogen-bond donors (Lipinski definition) is 2. The van der Waals surface area contributed by atoms with Crippen LogP contribution in [0.5, 0.6) is 5.88 Å². The minimum atomic E-state index is -0.744. The fourth-order valence-electron chi connectivity index (χ4n) is 7.55. The van der Waals surface area contributed by atoms with Crippen molar-refractivity contribution >= 4 is 64.0 Å². The van der Waals surface area contributed by atoms with Crippen LogP contribution in [0.1, 0.15) is 71.9 Å². The zero-order valence-corrected chi connectivity index (χ0v) is 27.8. The van der Waals surface area contributed by atoms with Gasteiger partial charge < -0.3 is 15.4 Å². The van der Waals surface area contributed by atoms with E-state index in [9.17, 15) is 18.0 Å². The van der Waals surface area contributed by atoms with Gasteiger partial charge in [-0.1, -0.05) is 23.2 Å². The van der Waals surface area contributed by atoms with Gasteiger partial charge in [-0.2, -0.15) is 0 Å². The van der Waals surface area contributed by atoms with Crippen molar-refractivity contribution < 1.29 is 22.7 Å². The van der Waals surface area contributed by atoms with Crippen LogP contribution in [0.25, 0.3) is 5.82 Å². The van der Waals surface area contributed by atoms with Crippen molar-refractivity contribution in [3.05, 3.63) is 63.4 Å². The molecule has 14 heteroatoms. The van der Waals surface area contributed by atoms with Crippen molar-refractivity contribution in [3.8, 4) is 11.7 Å². The summed E-state index contributed by atoms with van der Waals surface area (Å²) in [6.07, 6.45) is 7.10. The molecule has 2 heterocycles. The van der Waals surface area contributed by atoms with Crippen molar-refractivity contribution in [2.75, 3.05) is 5.32 Å². The standard InChI is InChI=1S/C31H31Cl2N5O5S2/c1-15-6-21(32)13-22(30(39)36-28-19-9-17-8-18(11-19)12-20(28)10-17)27(15)35-31(40)24-14-25(43-16(2)7-26(44-41)45-42)37-38(24)29-23(33)4-3-5-34-29/h3-6,13-14,16-20,26,28H,7-12H2,1-2H3/p+2/t16?,17-,18+,19-,20+,28?. The van der Waals surface area contributed by atoms with Crippen LogP contribution in [0.2, 0.25) is 10.0 Å². The van der Waals surface area contributed by atoms with Gasteiger partial charge in [-0.25, -0.2) is 9.67 Å². The van der Waals surface area contributed by atoms with Crippen LogP contribution in [0.15, 0.2) is 36.5 Å². The number of nitrogens with one attached hydrogen (secondary N) is 2. The summed E-state index contributed by atoms with van der Waals surface area (Å²) in [6, 6.07) is 8.09. The number of nitrogens with zero attached hydrogens (tertiary/aromatic N) is 3. The normalized spacial score (nSPS) is 23.9. The number of anilines is 1. The molecule has 3 aromatic rings. The van der Waals surface area contributed by atoms with Gasteiger partial charge in [-0.05, 0) is 99.5 Å². The van der Waals surface area contributed by atoms with E-state index in [0.29, 0.717) is 28.1 Å². The molecule has 2 N–H and O–H groups in total. The van der Waals surface area contributed by atoms with Crippen LogP contribution in [0.3, 0.4) is 0 Å². The van der Waals surface area contributed by atoms with E-state index in [0.717, 1.165) is 37.5 Å². The molecule has 0 aliphatic heterocycles. The molecule has 7 rings (SSSR count). The lowest BCUT2D eigenvalue weighted by Crippen LogP contribution is -2.55. The predicted molar refractivity (Wildman–Crippen MR) is 173 cm³/mol. The number of halogens is 2. The number of aromatic nitrogens is 3. The van der Waals surface area contributed by atoms with Gasteiger partial charge >= 0.3 is 27.9 Å². The Morgan fingerprint density at radius 1 is 1.04 bits per heavy atom. The van der Waals surface area contributed by atoms with Crippen molar-refractivity contribution in [3.63, 3.8) is 0 Å². The third-order valence-corrected chi connectivity index (χ3v) is 11.0. The van der Waals surface area contributed by atoms with Crippen molar-refractivity contribution in [1.29, 1.82) is 0 Å². The molecule has 2 aromatic heterocycles. The molecule has 1 unspecified atom stereocenters. The number of hydrogen-bond acceptors (Lipinski definition) is 7. The Balaban J connectivity index is 1.28. The van der Waals surface area contributed by atoms with E-state index >= 15 is 0 Å². The highest BCUT2D eigenvalue weighted by Gasteiger charge is 2.48. The number of ether oxygens (including phenoxy) is 1. The van der Waals surface area contributed by atoms with Gasteiger partial charge in [0, 0.05) is 31.7 Å². The molecule has 1 atom stereocenters. The summed E-state index contributed by atoms with van der Waals surface area (Å²) in [7, 11) is 0. The SMILES string of the molecule is Cc1cc(Cl)cc(C(=O)NC2[C@H]3C[C@@H]4C[C@@H](C[C@H]2C4)C3)c1NC(=O)c1cc(OC(C)CC([S+]=O)[S+]=O)nn1-c1ncccc1Cl. The number of carbonyl (C=O) groups excluding carboxylic acids is 2. The Hall–Kier alpha value is -3.06. The summed E-state index contributed by atoms with van der Waals surface area (Å²) in [5, 5.41) is 11.3. The highest BCUT2D eigenvalue weighted by atomic mass is 35.5. The highest BCUT2D eigenvalue weighted by Crippen LogP contribution is 2.53. The van der Waals surface area contributed by atoms with Gasteiger partial charge in [0.05, 0.1) is 16.3 Å². The maximum atomic E-state index is 13.9. The summed E-state index contributed by atoms with van der Waals surface area (Å²) in [5.74, 6) is 1.94. The minimum Gasteiger partial charge on any atom is -0.473 e. The van der Waals surface area contributed by atoms with E-state index in [4.69, 9.17) is 27.9 Å². The topological polar surface area (TPSA) is 132 Å². The first-order valence-corrected chi connectivity index (χ1v) is 17.4. The maximum absolute atomic E-state index is 13.9. The fraction of sp³-hybridized carbons (Fsp3) is 0.484. The number of amides is 2. The average Bonchev–Trinajstić information content (AvgIpc) is 3.42. The fourth-order valence-corrected chi connectivity index (χ4v) is 8.85. The molecule has 4 saturated carbocycles. The number of pyridine rings is 1. The smallest absolute Gasteiger partial charge is 0.473 e. The Morgan fingerprint density at radius 2 is 1.73 bits per heavy atom. The van der Waals surface area contributed by atoms with Crippen LogP contribution >= 0.6 is 23.2 Å². The zero-order valence-electron chi connectivity index (χ0n) is 24.7. The Bertz CT molecular complexity index is 1620. The van der Waals surface area contributed by atoms with Crippen LogP contribution in [0, 0.1) is 30.6 Å². The molecule has 0 radical (unpaired) electrons. The minimum absolute atomic E-state index is 0.0486. The van der Waals surface area contributed by atoms with E-state index in [1.54, 1.807) is 38.1 Å². The van der Waals surface area contributed by atoms with Gasteiger partial charge in [0.15, 0.2) is 5.82 Å². The van der Waals surface area contributed by atoms with E-state index < -0.39 is 16.6 Å². The first kappa shape index (κ1) is 31.9. The molecule has 1 aromatic carbocycles. The lowest BCUT2D eigenvalue weighted by Gasteiger charge is -2.54. The van der Waals surface area contributed by atoms with E-state index in [1.165, 1.54) is 23.4 Å².